The van der Waals surface area contributed by atoms with Gasteiger partial charge in [0.25, 0.3) is 10.0 Å². The summed E-state index contributed by atoms with van der Waals surface area (Å²) in [4.78, 5) is 14.1. The zero-order valence-electron chi connectivity index (χ0n) is 13.0. The van der Waals surface area contributed by atoms with Crippen LogP contribution in [0, 0.1) is 11.8 Å². The smallest absolute Gasteiger partial charge is 0.250 e. The van der Waals surface area contributed by atoms with Crippen molar-refractivity contribution in [1.29, 1.82) is 0 Å². The zero-order chi connectivity index (χ0) is 16.4. The van der Waals surface area contributed by atoms with Crippen LogP contribution >= 0.6 is 35.3 Å². The standard InChI is InChI=1S/C14H20ClN3O3S2.ClH/c15-12-1-2-14(22-12)23(20,21)17-9-13(19)18-5-3-10-7-16-8-11(10)4-6-18;/h1-2,10-11,16-17H,3-9H2;1H/t10-,11+;. The predicted octanol–water partition coefficient (Wildman–Crippen LogP) is 1.56. The Morgan fingerprint density at radius 2 is 1.92 bits per heavy atom. The molecule has 24 heavy (non-hydrogen) atoms. The first-order valence-electron chi connectivity index (χ1n) is 7.69. The molecule has 6 nitrogen and oxygen atoms in total. The quantitative estimate of drug-likeness (QED) is 0.784. The van der Waals surface area contributed by atoms with E-state index in [0.717, 1.165) is 37.3 Å². The highest BCUT2D eigenvalue weighted by Crippen LogP contribution is 2.27. The maximum Gasteiger partial charge on any atom is 0.250 e. The molecule has 3 heterocycles. The van der Waals surface area contributed by atoms with Crippen molar-refractivity contribution in [2.75, 3.05) is 32.7 Å². The van der Waals surface area contributed by atoms with Crippen molar-refractivity contribution < 1.29 is 13.2 Å². The number of amides is 1. The number of nitrogens with one attached hydrogen (secondary N) is 2. The van der Waals surface area contributed by atoms with Gasteiger partial charge in [0.2, 0.25) is 5.91 Å². The third kappa shape index (κ3) is 4.62. The van der Waals surface area contributed by atoms with Crippen LogP contribution in [0.3, 0.4) is 0 Å². The van der Waals surface area contributed by atoms with Crippen molar-refractivity contribution in [2.24, 2.45) is 11.8 Å². The topological polar surface area (TPSA) is 78.5 Å². The summed E-state index contributed by atoms with van der Waals surface area (Å²) in [6.45, 7) is 3.25. The minimum Gasteiger partial charge on any atom is -0.342 e. The number of fused-ring (bicyclic) bond motifs is 1. The summed E-state index contributed by atoms with van der Waals surface area (Å²) >= 11 is 6.74. The Hall–Kier alpha value is -0.380. The van der Waals surface area contributed by atoms with Gasteiger partial charge in [0, 0.05) is 13.1 Å². The van der Waals surface area contributed by atoms with Crippen LogP contribution in [-0.4, -0.2) is 51.9 Å². The first-order valence-corrected chi connectivity index (χ1v) is 10.4. The van der Waals surface area contributed by atoms with E-state index in [1.54, 1.807) is 4.90 Å². The lowest BCUT2D eigenvalue weighted by atomic mass is 9.92. The molecule has 136 valence electrons. The van der Waals surface area contributed by atoms with Gasteiger partial charge >= 0.3 is 0 Å². The molecule has 0 aliphatic carbocycles. The number of thiophene rings is 1. The SMILES string of the molecule is Cl.O=C(CNS(=O)(=O)c1ccc(Cl)s1)N1CC[C@@H]2CNC[C@@H]2CC1. The molecule has 0 saturated carbocycles. The van der Waals surface area contributed by atoms with E-state index < -0.39 is 10.0 Å². The number of halogens is 2. The normalized spacial score (nSPS) is 24.1. The molecule has 2 fully saturated rings. The number of rotatable bonds is 4. The number of likely N-dealkylation sites (tertiary alicyclic amines) is 1. The monoisotopic (exact) mass is 413 g/mol. The summed E-state index contributed by atoms with van der Waals surface area (Å²) in [7, 11) is -3.67. The van der Waals surface area contributed by atoms with Gasteiger partial charge in [-0.3, -0.25) is 4.79 Å². The van der Waals surface area contributed by atoms with Gasteiger partial charge in [0.15, 0.2) is 0 Å². The molecular weight excluding hydrogens is 393 g/mol. The van der Waals surface area contributed by atoms with Gasteiger partial charge in [-0.25, -0.2) is 13.1 Å². The van der Waals surface area contributed by atoms with E-state index in [1.807, 2.05) is 0 Å². The summed E-state index contributed by atoms with van der Waals surface area (Å²) < 4.78 is 27.2. The van der Waals surface area contributed by atoms with E-state index in [4.69, 9.17) is 11.6 Å². The van der Waals surface area contributed by atoms with Crippen molar-refractivity contribution in [1.82, 2.24) is 14.9 Å². The lowest BCUT2D eigenvalue weighted by Crippen LogP contribution is -2.40. The second kappa shape index (κ2) is 8.33. The van der Waals surface area contributed by atoms with E-state index >= 15 is 0 Å². The van der Waals surface area contributed by atoms with Crippen molar-refractivity contribution >= 4 is 51.3 Å². The highest BCUT2D eigenvalue weighted by atomic mass is 35.5. The Kier molecular flexibility index (Phi) is 6.92. The van der Waals surface area contributed by atoms with E-state index in [2.05, 4.69) is 10.0 Å². The number of carbonyl (C=O) groups excluding carboxylic acids is 1. The highest BCUT2D eigenvalue weighted by Gasteiger charge is 2.31. The summed E-state index contributed by atoms with van der Waals surface area (Å²) in [5.41, 5.74) is 0. The summed E-state index contributed by atoms with van der Waals surface area (Å²) in [6.07, 6.45) is 1.97. The average Bonchev–Trinajstić information content (AvgIpc) is 3.10. The highest BCUT2D eigenvalue weighted by molar-refractivity contribution is 7.91. The van der Waals surface area contributed by atoms with Crippen LogP contribution in [0.1, 0.15) is 12.8 Å². The number of hydrogen-bond donors (Lipinski definition) is 2. The second-order valence-electron chi connectivity index (χ2n) is 6.02. The van der Waals surface area contributed by atoms with Crippen molar-refractivity contribution in [3.63, 3.8) is 0 Å². The molecular formula is C14H21Cl2N3O3S2. The van der Waals surface area contributed by atoms with Crippen LogP contribution in [0.5, 0.6) is 0 Å². The zero-order valence-corrected chi connectivity index (χ0v) is 16.2. The Morgan fingerprint density at radius 3 is 2.46 bits per heavy atom. The molecule has 1 aromatic rings. The molecule has 0 unspecified atom stereocenters. The van der Waals surface area contributed by atoms with E-state index in [-0.39, 0.29) is 29.1 Å². The van der Waals surface area contributed by atoms with Crippen LogP contribution < -0.4 is 10.0 Å². The molecule has 2 saturated heterocycles. The number of sulfonamides is 1. The minimum absolute atomic E-state index is 0. The lowest BCUT2D eigenvalue weighted by molar-refractivity contribution is -0.129. The molecule has 3 rings (SSSR count). The summed E-state index contributed by atoms with van der Waals surface area (Å²) in [5, 5.41) is 3.40. The van der Waals surface area contributed by atoms with Gasteiger partial charge in [0.05, 0.1) is 10.9 Å². The van der Waals surface area contributed by atoms with Crippen LogP contribution in [0.4, 0.5) is 0 Å². The lowest BCUT2D eigenvalue weighted by Gasteiger charge is -2.21. The molecule has 2 aliphatic rings. The summed E-state index contributed by atoms with van der Waals surface area (Å²) in [6, 6.07) is 2.98. The van der Waals surface area contributed by atoms with Gasteiger partial charge < -0.3 is 10.2 Å². The van der Waals surface area contributed by atoms with Crippen molar-refractivity contribution in [3.8, 4) is 0 Å². The minimum atomic E-state index is -3.67. The summed E-state index contributed by atoms with van der Waals surface area (Å²) in [5.74, 6) is 1.11. The predicted molar refractivity (Wildman–Crippen MR) is 97.4 cm³/mol. The Bertz CT molecular complexity index is 667. The fraction of sp³-hybridized carbons (Fsp3) is 0.643. The second-order valence-corrected chi connectivity index (χ2v) is 9.73. The van der Waals surface area contributed by atoms with Gasteiger partial charge in [0.1, 0.15) is 4.21 Å². The van der Waals surface area contributed by atoms with Gasteiger partial charge in [-0.15, -0.1) is 23.7 Å². The fourth-order valence-corrected chi connectivity index (χ4v) is 5.75. The average molecular weight is 414 g/mol. The van der Waals surface area contributed by atoms with Crippen molar-refractivity contribution in [3.05, 3.63) is 16.5 Å². The van der Waals surface area contributed by atoms with Crippen LogP contribution in [0.2, 0.25) is 4.34 Å². The van der Waals surface area contributed by atoms with E-state index in [9.17, 15) is 13.2 Å². The van der Waals surface area contributed by atoms with E-state index in [0.29, 0.717) is 29.3 Å². The molecule has 2 aliphatic heterocycles. The molecule has 0 bridgehead atoms. The molecule has 0 aromatic carbocycles. The fourth-order valence-electron chi connectivity index (χ4n) is 3.25. The van der Waals surface area contributed by atoms with Crippen LogP contribution in [0.15, 0.2) is 16.3 Å². The maximum atomic E-state index is 12.3. The maximum absolute atomic E-state index is 12.3. The molecule has 2 N–H and O–H groups in total. The number of carbonyl (C=O) groups is 1. The largest absolute Gasteiger partial charge is 0.342 e. The first kappa shape index (κ1) is 19.9. The Morgan fingerprint density at radius 1 is 1.29 bits per heavy atom. The molecule has 1 aromatic heterocycles. The van der Waals surface area contributed by atoms with E-state index in [1.165, 1.54) is 12.1 Å². The van der Waals surface area contributed by atoms with Crippen LogP contribution in [0.25, 0.3) is 0 Å². The third-order valence-electron chi connectivity index (χ3n) is 4.60. The third-order valence-corrected chi connectivity index (χ3v) is 7.72. The van der Waals surface area contributed by atoms with Gasteiger partial charge in [-0.2, -0.15) is 0 Å². The Balaban J connectivity index is 0.00000208. The number of nitrogens with zero attached hydrogens (tertiary/aromatic N) is 1. The molecule has 0 spiro atoms. The molecule has 1 amide bonds. The van der Waals surface area contributed by atoms with Crippen molar-refractivity contribution in [2.45, 2.75) is 17.1 Å². The van der Waals surface area contributed by atoms with Crippen LogP contribution in [-0.2, 0) is 14.8 Å². The first-order chi connectivity index (χ1) is 11.0. The molecule has 0 radical (unpaired) electrons. The molecule has 10 heteroatoms. The molecule has 2 atom stereocenters. The van der Waals surface area contributed by atoms with Gasteiger partial charge in [-0.1, -0.05) is 11.6 Å². The van der Waals surface area contributed by atoms with Gasteiger partial charge in [-0.05, 0) is 49.9 Å². The number of hydrogen-bond acceptors (Lipinski definition) is 5. The Labute approximate surface area is 157 Å².